The van der Waals surface area contributed by atoms with Crippen molar-refractivity contribution >= 4 is 5.91 Å². The Bertz CT molecular complexity index is 800. The molecule has 2 aromatic heterocycles. The SMILES string of the molecule is Cc1c([C@H](C)NC(=O)c2ccc(-n3cccc3)cc2)cnn1C. The topological polar surface area (TPSA) is 51.9 Å². The molecule has 1 amide bonds. The molecule has 0 saturated heterocycles. The molecule has 0 unspecified atom stereocenters. The number of carbonyl (C=O) groups is 1. The van der Waals surface area contributed by atoms with Crippen LogP contribution in [0.2, 0.25) is 0 Å². The molecule has 0 aliphatic rings. The van der Waals surface area contributed by atoms with E-state index in [9.17, 15) is 4.79 Å². The van der Waals surface area contributed by atoms with Crippen LogP contribution in [0.5, 0.6) is 0 Å². The van der Waals surface area contributed by atoms with Crippen molar-refractivity contribution in [1.29, 1.82) is 0 Å². The predicted molar refractivity (Wildman–Crippen MR) is 89.6 cm³/mol. The van der Waals surface area contributed by atoms with Gasteiger partial charge in [-0.2, -0.15) is 5.10 Å². The van der Waals surface area contributed by atoms with Crippen LogP contribution in [0.25, 0.3) is 5.69 Å². The average Bonchev–Trinajstić information content (AvgIpc) is 3.19. The van der Waals surface area contributed by atoms with Crippen molar-refractivity contribution < 1.29 is 4.79 Å². The zero-order chi connectivity index (χ0) is 16.4. The number of aryl methyl sites for hydroxylation is 1. The van der Waals surface area contributed by atoms with Gasteiger partial charge in [0.15, 0.2) is 0 Å². The fraction of sp³-hybridized carbons (Fsp3) is 0.222. The van der Waals surface area contributed by atoms with E-state index in [2.05, 4.69) is 10.4 Å². The first kappa shape index (κ1) is 15.1. The second-order valence-electron chi connectivity index (χ2n) is 5.64. The van der Waals surface area contributed by atoms with E-state index in [4.69, 9.17) is 0 Å². The number of hydrogen-bond acceptors (Lipinski definition) is 2. The fourth-order valence-corrected chi connectivity index (χ4v) is 2.59. The standard InChI is InChI=1S/C18H20N4O/c1-13(17-12-19-21(3)14(17)2)20-18(23)15-6-8-16(9-7-15)22-10-4-5-11-22/h4-13H,1-3H3,(H,20,23)/t13-/m0/s1. The summed E-state index contributed by atoms with van der Waals surface area (Å²) >= 11 is 0. The van der Waals surface area contributed by atoms with Gasteiger partial charge in [0.25, 0.3) is 5.91 Å². The second-order valence-corrected chi connectivity index (χ2v) is 5.64. The third-order valence-electron chi connectivity index (χ3n) is 4.12. The fourth-order valence-electron chi connectivity index (χ4n) is 2.59. The molecular weight excluding hydrogens is 288 g/mol. The van der Waals surface area contributed by atoms with Crippen molar-refractivity contribution in [3.63, 3.8) is 0 Å². The summed E-state index contributed by atoms with van der Waals surface area (Å²) in [6, 6.07) is 11.4. The van der Waals surface area contributed by atoms with Crippen LogP contribution in [-0.4, -0.2) is 20.3 Å². The third kappa shape index (κ3) is 3.04. The lowest BCUT2D eigenvalue weighted by atomic mass is 10.1. The molecule has 0 spiro atoms. The van der Waals surface area contributed by atoms with Gasteiger partial charge in [-0.1, -0.05) is 0 Å². The summed E-state index contributed by atoms with van der Waals surface area (Å²) in [6.45, 7) is 3.97. The zero-order valence-electron chi connectivity index (χ0n) is 13.5. The molecule has 1 atom stereocenters. The van der Waals surface area contributed by atoms with Crippen molar-refractivity contribution in [3.8, 4) is 5.69 Å². The zero-order valence-corrected chi connectivity index (χ0v) is 13.5. The number of hydrogen-bond donors (Lipinski definition) is 1. The minimum atomic E-state index is -0.0835. The first-order valence-electron chi connectivity index (χ1n) is 7.59. The van der Waals surface area contributed by atoms with E-state index in [1.54, 1.807) is 6.20 Å². The van der Waals surface area contributed by atoms with E-state index in [0.717, 1.165) is 16.9 Å². The first-order valence-corrected chi connectivity index (χ1v) is 7.59. The minimum Gasteiger partial charge on any atom is -0.345 e. The van der Waals surface area contributed by atoms with Crippen LogP contribution in [-0.2, 0) is 7.05 Å². The van der Waals surface area contributed by atoms with E-state index < -0.39 is 0 Å². The summed E-state index contributed by atoms with van der Waals surface area (Å²) in [7, 11) is 1.90. The molecule has 1 aromatic carbocycles. The Morgan fingerprint density at radius 3 is 2.39 bits per heavy atom. The van der Waals surface area contributed by atoms with Crippen LogP contribution < -0.4 is 5.32 Å². The molecule has 0 aliphatic carbocycles. The van der Waals surface area contributed by atoms with Crippen LogP contribution in [0.15, 0.2) is 55.0 Å². The van der Waals surface area contributed by atoms with Crippen LogP contribution in [0.1, 0.15) is 34.6 Å². The molecule has 2 heterocycles. The van der Waals surface area contributed by atoms with Crippen LogP contribution >= 0.6 is 0 Å². The normalized spacial score (nSPS) is 12.1. The smallest absolute Gasteiger partial charge is 0.251 e. The molecule has 3 rings (SSSR count). The first-order chi connectivity index (χ1) is 11.1. The predicted octanol–water partition coefficient (Wildman–Crippen LogP) is 3.01. The maximum atomic E-state index is 12.4. The summed E-state index contributed by atoms with van der Waals surface area (Å²) < 4.78 is 3.81. The molecule has 23 heavy (non-hydrogen) atoms. The highest BCUT2D eigenvalue weighted by Crippen LogP contribution is 2.17. The lowest BCUT2D eigenvalue weighted by Gasteiger charge is -2.14. The van der Waals surface area contributed by atoms with Crippen molar-refractivity contribution in [2.45, 2.75) is 19.9 Å². The van der Waals surface area contributed by atoms with Crippen molar-refractivity contribution in [2.75, 3.05) is 0 Å². The Morgan fingerprint density at radius 1 is 1.17 bits per heavy atom. The Hall–Kier alpha value is -2.82. The Morgan fingerprint density at radius 2 is 1.83 bits per heavy atom. The van der Waals surface area contributed by atoms with Gasteiger partial charge in [0.1, 0.15) is 0 Å². The molecule has 0 bridgehead atoms. The number of nitrogens with zero attached hydrogens (tertiary/aromatic N) is 3. The molecule has 0 aliphatic heterocycles. The van der Waals surface area contributed by atoms with Gasteiger partial charge < -0.3 is 9.88 Å². The quantitative estimate of drug-likeness (QED) is 0.805. The van der Waals surface area contributed by atoms with Gasteiger partial charge in [0.2, 0.25) is 0 Å². The Balaban J connectivity index is 1.72. The van der Waals surface area contributed by atoms with E-state index in [0.29, 0.717) is 5.56 Å². The summed E-state index contributed by atoms with van der Waals surface area (Å²) in [5.74, 6) is -0.0835. The molecule has 118 valence electrons. The Labute approximate surface area is 135 Å². The number of benzene rings is 1. The van der Waals surface area contributed by atoms with Crippen molar-refractivity contribution in [2.24, 2.45) is 7.05 Å². The summed E-state index contributed by atoms with van der Waals surface area (Å²) in [4.78, 5) is 12.4. The van der Waals surface area contributed by atoms with Crippen LogP contribution in [0.3, 0.4) is 0 Å². The monoisotopic (exact) mass is 308 g/mol. The van der Waals surface area contributed by atoms with Gasteiger partial charge >= 0.3 is 0 Å². The van der Waals surface area contributed by atoms with Crippen molar-refractivity contribution in [3.05, 3.63) is 71.8 Å². The second kappa shape index (κ2) is 6.12. The third-order valence-corrected chi connectivity index (χ3v) is 4.12. The summed E-state index contributed by atoms with van der Waals surface area (Å²) in [5.41, 5.74) is 3.77. The largest absolute Gasteiger partial charge is 0.345 e. The maximum Gasteiger partial charge on any atom is 0.251 e. The van der Waals surface area contributed by atoms with E-state index >= 15 is 0 Å². The van der Waals surface area contributed by atoms with E-state index in [1.807, 2.05) is 78.9 Å². The number of carbonyl (C=O) groups excluding carboxylic acids is 1. The summed E-state index contributed by atoms with van der Waals surface area (Å²) in [5, 5.41) is 7.24. The van der Waals surface area contributed by atoms with Crippen LogP contribution in [0.4, 0.5) is 0 Å². The maximum absolute atomic E-state index is 12.4. The van der Waals surface area contributed by atoms with Gasteiger partial charge in [0, 0.05) is 41.9 Å². The van der Waals surface area contributed by atoms with Crippen LogP contribution in [0, 0.1) is 6.92 Å². The molecular formula is C18H20N4O. The van der Waals surface area contributed by atoms with E-state index in [1.165, 1.54) is 0 Å². The van der Waals surface area contributed by atoms with Gasteiger partial charge in [-0.25, -0.2) is 0 Å². The van der Waals surface area contributed by atoms with Gasteiger partial charge in [0.05, 0.1) is 12.2 Å². The van der Waals surface area contributed by atoms with Gasteiger partial charge in [-0.05, 0) is 50.2 Å². The molecule has 5 heteroatoms. The molecule has 5 nitrogen and oxygen atoms in total. The van der Waals surface area contributed by atoms with Crippen molar-refractivity contribution in [1.82, 2.24) is 19.7 Å². The Kier molecular flexibility index (Phi) is 4.02. The minimum absolute atomic E-state index is 0.0830. The number of nitrogens with one attached hydrogen (secondary N) is 1. The number of rotatable bonds is 4. The summed E-state index contributed by atoms with van der Waals surface area (Å²) in [6.07, 6.45) is 5.75. The highest BCUT2D eigenvalue weighted by atomic mass is 16.1. The molecule has 1 N–H and O–H groups in total. The molecule has 0 radical (unpaired) electrons. The van der Waals surface area contributed by atoms with E-state index in [-0.39, 0.29) is 11.9 Å². The lowest BCUT2D eigenvalue weighted by Crippen LogP contribution is -2.26. The van der Waals surface area contributed by atoms with Gasteiger partial charge in [-0.15, -0.1) is 0 Å². The highest BCUT2D eigenvalue weighted by molar-refractivity contribution is 5.94. The molecule has 0 fully saturated rings. The number of amides is 1. The number of aromatic nitrogens is 3. The molecule has 3 aromatic rings. The molecule has 0 saturated carbocycles. The highest BCUT2D eigenvalue weighted by Gasteiger charge is 2.15. The van der Waals surface area contributed by atoms with Gasteiger partial charge in [-0.3, -0.25) is 9.48 Å². The average molecular weight is 308 g/mol. The lowest BCUT2D eigenvalue weighted by molar-refractivity contribution is 0.0940.